The molecule has 0 saturated carbocycles. The van der Waals surface area contributed by atoms with Crippen LogP contribution in [0.3, 0.4) is 0 Å². The molecule has 4 heterocycles. The van der Waals surface area contributed by atoms with Gasteiger partial charge in [-0.15, -0.1) is 34.0 Å². The molecule has 0 aromatic carbocycles. The van der Waals surface area contributed by atoms with Crippen molar-refractivity contribution in [1.29, 1.82) is 5.26 Å². The molecular formula is C18H16N3OS3+. The number of carbonyl (C=O) groups is 1. The van der Waals surface area contributed by atoms with E-state index < -0.39 is 0 Å². The Kier molecular flexibility index (Phi) is 4.68. The number of quaternary nitrogens is 1. The molecule has 2 atom stereocenters. The summed E-state index contributed by atoms with van der Waals surface area (Å²) in [5.74, 6) is -0.0332. The number of thiophene rings is 3. The Labute approximate surface area is 158 Å². The summed E-state index contributed by atoms with van der Waals surface area (Å²) >= 11 is 4.96. The molecule has 0 bridgehead atoms. The molecule has 1 aliphatic heterocycles. The summed E-state index contributed by atoms with van der Waals surface area (Å²) in [5, 5.41) is 18.7. The van der Waals surface area contributed by atoms with Crippen LogP contribution in [0.1, 0.15) is 26.9 Å². The zero-order valence-electron chi connectivity index (χ0n) is 13.3. The fourth-order valence-electron chi connectivity index (χ4n) is 3.32. The predicted octanol–water partition coefficient (Wildman–Crippen LogP) is 2.91. The van der Waals surface area contributed by atoms with E-state index in [0.717, 1.165) is 13.0 Å². The van der Waals surface area contributed by atoms with Crippen molar-refractivity contribution < 1.29 is 9.69 Å². The molecule has 3 aromatic rings. The van der Waals surface area contributed by atoms with Crippen molar-refractivity contribution in [3.63, 3.8) is 0 Å². The number of nitrogens with one attached hydrogen (secondary N) is 2. The first kappa shape index (κ1) is 16.5. The molecular weight excluding hydrogens is 370 g/mol. The van der Waals surface area contributed by atoms with Crippen LogP contribution in [0.4, 0.5) is 5.00 Å². The van der Waals surface area contributed by atoms with Crippen LogP contribution in [0.2, 0.25) is 0 Å². The molecule has 2 N–H and O–H groups in total. The van der Waals surface area contributed by atoms with Crippen LogP contribution in [0.5, 0.6) is 0 Å². The maximum absolute atomic E-state index is 12.6. The Hall–Kier alpha value is -1.98. The molecule has 1 aliphatic rings. The second-order valence-corrected chi connectivity index (χ2v) is 8.80. The average molecular weight is 387 g/mol. The van der Waals surface area contributed by atoms with Crippen LogP contribution < -0.4 is 10.2 Å². The molecule has 0 radical (unpaired) electrons. The molecule has 1 unspecified atom stereocenters. The van der Waals surface area contributed by atoms with E-state index in [1.165, 1.54) is 31.6 Å². The third-order valence-electron chi connectivity index (χ3n) is 4.43. The standard InChI is InChI=1S/C18H15N3OS3/c19-10-12-4-8-25-18(12)20-16(22)11-21-6-3-14-13(5-9-24-14)17(21)15-2-1-7-23-15/h1-2,4-5,7-9,17H,3,6,11H2,(H,20,22)/p+1/t17-/m1/s1. The maximum Gasteiger partial charge on any atom is 0.280 e. The number of rotatable bonds is 4. The molecule has 4 rings (SSSR count). The monoisotopic (exact) mass is 386 g/mol. The summed E-state index contributed by atoms with van der Waals surface area (Å²) in [4.78, 5) is 16.6. The second-order valence-electron chi connectivity index (χ2n) is 5.91. The number of amides is 1. The number of nitrogens with zero attached hydrogens (tertiary/aromatic N) is 1. The lowest BCUT2D eigenvalue weighted by atomic mass is 9.98. The van der Waals surface area contributed by atoms with Gasteiger partial charge in [0.05, 0.1) is 17.0 Å². The van der Waals surface area contributed by atoms with Gasteiger partial charge in [-0.1, -0.05) is 6.07 Å². The van der Waals surface area contributed by atoms with E-state index in [1.54, 1.807) is 17.4 Å². The van der Waals surface area contributed by atoms with Gasteiger partial charge in [-0.05, 0) is 34.3 Å². The van der Waals surface area contributed by atoms with Gasteiger partial charge in [0, 0.05) is 16.9 Å². The Balaban J connectivity index is 1.55. The van der Waals surface area contributed by atoms with E-state index in [0.29, 0.717) is 17.1 Å². The highest BCUT2D eigenvalue weighted by atomic mass is 32.1. The van der Waals surface area contributed by atoms with Gasteiger partial charge in [0.15, 0.2) is 6.54 Å². The summed E-state index contributed by atoms with van der Waals surface area (Å²) in [6.45, 7) is 1.35. The Morgan fingerprint density at radius 2 is 2.12 bits per heavy atom. The van der Waals surface area contributed by atoms with Crippen LogP contribution in [-0.2, 0) is 11.2 Å². The third-order valence-corrected chi connectivity index (χ3v) is 7.19. The van der Waals surface area contributed by atoms with Gasteiger partial charge in [0.1, 0.15) is 17.1 Å². The van der Waals surface area contributed by atoms with Crippen LogP contribution >= 0.6 is 34.0 Å². The van der Waals surface area contributed by atoms with E-state index in [4.69, 9.17) is 5.26 Å². The highest BCUT2D eigenvalue weighted by Crippen LogP contribution is 2.31. The molecule has 0 aliphatic carbocycles. The first-order valence-electron chi connectivity index (χ1n) is 7.98. The summed E-state index contributed by atoms with van der Waals surface area (Å²) < 4.78 is 0. The Morgan fingerprint density at radius 3 is 2.92 bits per heavy atom. The Bertz CT molecular complexity index is 920. The highest BCUT2D eigenvalue weighted by Gasteiger charge is 2.35. The SMILES string of the molecule is N#Cc1ccsc1NC(=O)C[NH+]1CCc2sccc2[C@@H]1c1cccs1. The number of hydrogen-bond donors (Lipinski definition) is 2. The minimum Gasteiger partial charge on any atom is -0.316 e. The van der Waals surface area contributed by atoms with Gasteiger partial charge in [-0.3, -0.25) is 4.79 Å². The van der Waals surface area contributed by atoms with E-state index in [9.17, 15) is 4.79 Å². The normalized spacial score (nSPS) is 19.2. The maximum atomic E-state index is 12.6. The lowest BCUT2D eigenvalue weighted by Crippen LogP contribution is -3.14. The molecule has 0 fully saturated rings. The van der Waals surface area contributed by atoms with Crippen molar-refractivity contribution in [3.8, 4) is 6.07 Å². The smallest absolute Gasteiger partial charge is 0.280 e. The third kappa shape index (κ3) is 3.26. The topological polar surface area (TPSA) is 57.3 Å². The van der Waals surface area contributed by atoms with Gasteiger partial charge >= 0.3 is 0 Å². The van der Waals surface area contributed by atoms with E-state index in [1.807, 2.05) is 16.7 Å². The molecule has 25 heavy (non-hydrogen) atoms. The van der Waals surface area contributed by atoms with Gasteiger partial charge in [0.25, 0.3) is 5.91 Å². The summed E-state index contributed by atoms with van der Waals surface area (Å²) in [5.41, 5.74) is 1.89. The fraction of sp³-hybridized carbons (Fsp3) is 0.222. The summed E-state index contributed by atoms with van der Waals surface area (Å²) in [7, 11) is 0. The minimum atomic E-state index is -0.0332. The predicted molar refractivity (Wildman–Crippen MR) is 103 cm³/mol. The second kappa shape index (κ2) is 7.10. The average Bonchev–Trinajstić information content (AvgIpc) is 3.35. The van der Waals surface area contributed by atoms with Crippen molar-refractivity contribution in [2.75, 3.05) is 18.4 Å². The number of nitriles is 1. The van der Waals surface area contributed by atoms with Crippen molar-refractivity contribution in [1.82, 2.24) is 0 Å². The molecule has 0 saturated heterocycles. The number of anilines is 1. The molecule has 0 spiro atoms. The van der Waals surface area contributed by atoms with Crippen molar-refractivity contribution in [2.45, 2.75) is 12.5 Å². The first-order valence-corrected chi connectivity index (χ1v) is 10.6. The van der Waals surface area contributed by atoms with Gasteiger partial charge in [0.2, 0.25) is 0 Å². The summed E-state index contributed by atoms with van der Waals surface area (Å²) in [6.07, 6.45) is 1.01. The molecule has 3 aromatic heterocycles. The van der Waals surface area contributed by atoms with Gasteiger partial charge in [-0.25, -0.2) is 0 Å². The quantitative estimate of drug-likeness (QED) is 0.724. The van der Waals surface area contributed by atoms with Gasteiger partial charge in [-0.2, -0.15) is 5.26 Å². The van der Waals surface area contributed by atoms with Crippen molar-refractivity contribution in [3.05, 3.63) is 61.3 Å². The fourth-order valence-corrected chi connectivity index (χ4v) is 5.90. The zero-order chi connectivity index (χ0) is 17.2. The van der Waals surface area contributed by atoms with Crippen LogP contribution in [0.15, 0.2) is 40.4 Å². The largest absolute Gasteiger partial charge is 0.316 e. The lowest BCUT2D eigenvalue weighted by molar-refractivity contribution is -0.919. The molecule has 126 valence electrons. The molecule has 4 nitrogen and oxygen atoms in total. The van der Waals surface area contributed by atoms with Crippen LogP contribution in [-0.4, -0.2) is 19.0 Å². The first-order chi connectivity index (χ1) is 12.3. The van der Waals surface area contributed by atoms with Gasteiger partial charge < -0.3 is 10.2 Å². The summed E-state index contributed by atoms with van der Waals surface area (Å²) in [6, 6.07) is 10.5. The van der Waals surface area contributed by atoms with E-state index in [-0.39, 0.29) is 11.9 Å². The van der Waals surface area contributed by atoms with E-state index >= 15 is 0 Å². The highest BCUT2D eigenvalue weighted by molar-refractivity contribution is 7.14. The Morgan fingerprint density at radius 1 is 1.24 bits per heavy atom. The zero-order valence-corrected chi connectivity index (χ0v) is 15.8. The molecule has 1 amide bonds. The minimum absolute atomic E-state index is 0.0332. The number of carbonyl (C=O) groups excluding carboxylic acids is 1. The van der Waals surface area contributed by atoms with Crippen molar-refractivity contribution in [2.24, 2.45) is 0 Å². The lowest BCUT2D eigenvalue weighted by Gasteiger charge is -2.31. The molecule has 7 heteroatoms. The van der Waals surface area contributed by atoms with Crippen molar-refractivity contribution >= 4 is 44.9 Å². The van der Waals surface area contributed by atoms with Crippen LogP contribution in [0.25, 0.3) is 0 Å². The number of hydrogen-bond acceptors (Lipinski definition) is 5. The van der Waals surface area contributed by atoms with E-state index in [2.05, 4.69) is 40.3 Å². The van der Waals surface area contributed by atoms with Crippen LogP contribution in [0, 0.1) is 11.3 Å². The number of fused-ring (bicyclic) bond motifs is 1.